The minimum Gasteiger partial charge on any atom is -0.315 e. The third-order valence-corrected chi connectivity index (χ3v) is 5.49. The van der Waals surface area contributed by atoms with Gasteiger partial charge in [-0.2, -0.15) is 0 Å². The van der Waals surface area contributed by atoms with E-state index in [4.69, 9.17) is 0 Å². The van der Waals surface area contributed by atoms with E-state index in [1.807, 2.05) is 12.1 Å². The molecule has 0 spiro atoms. The van der Waals surface area contributed by atoms with Gasteiger partial charge < -0.3 is 5.32 Å². The Morgan fingerprint density at radius 3 is 2.52 bits per heavy atom. The molecule has 0 unspecified atom stereocenters. The number of rotatable bonds is 3. The maximum atomic E-state index is 13.2. The molecular weight excluding hydrogens is 281 g/mol. The summed E-state index contributed by atoms with van der Waals surface area (Å²) in [6, 6.07) is 15.6. The Balaban J connectivity index is 1.72. The van der Waals surface area contributed by atoms with Crippen molar-refractivity contribution in [1.29, 1.82) is 0 Å². The van der Waals surface area contributed by atoms with Crippen LogP contribution < -0.4 is 5.32 Å². The Morgan fingerprint density at radius 1 is 1.05 bits per heavy atom. The Hall–Kier alpha value is -1.71. The molecule has 106 valence electrons. The Labute approximate surface area is 127 Å². The molecule has 2 aromatic carbocycles. The lowest BCUT2D eigenvalue weighted by atomic mass is 9.71. The fourth-order valence-corrected chi connectivity index (χ4v) is 4.16. The van der Waals surface area contributed by atoms with Crippen LogP contribution in [0.3, 0.4) is 0 Å². The molecule has 1 aliphatic rings. The third-order valence-electron chi connectivity index (χ3n) is 4.47. The summed E-state index contributed by atoms with van der Waals surface area (Å²) in [7, 11) is 0. The molecule has 1 N–H and O–H groups in total. The molecule has 1 aromatic heterocycles. The molecule has 4 rings (SSSR count). The van der Waals surface area contributed by atoms with Crippen molar-refractivity contribution in [3.05, 3.63) is 70.9 Å². The van der Waals surface area contributed by atoms with Gasteiger partial charge in [0.1, 0.15) is 5.82 Å². The number of benzene rings is 2. The second-order valence-corrected chi connectivity index (χ2v) is 6.74. The van der Waals surface area contributed by atoms with Gasteiger partial charge in [0.05, 0.1) is 0 Å². The van der Waals surface area contributed by atoms with Gasteiger partial charge in [0.15, 0.2) is 0 Å². The Kier molecular flexibility index (Phi) is 3.05. The maximum absolute atomic E-state index is 13.2. The topological polar surface area (TPSA) is 12.0 Å². The van der Waals surface area contributed by atoms with Gasteiger partial charge >= 0.3 is 0 Å². The predicted octanol–water partition coefficient (Wildman–Crippen LogP) is 4.12. The van der Waals surface area contributed by atoms with Crippen molar-refractivity contribution >= 4 is 21.4 Å². The van der Waals surface area contributed by atoms with Gasteiger partial charge in [0, 0.05) is 23.2 Å². The molecule has 3 heteroatoms. The molecule has 0 atom stereocenters. The number of hydrogen-bond acceptors (Lipinski definition) is 2. The van der Waals surface area contributed by atoms with E-state index in [1.54, 1.807) is 23.5 Å². The zero-order valence-electron chi connectivity index (χ0n) is 11.6. The lowest BCUT2D eigenvalue weighted by Crippen LogP contribution is -2.58. The normalized spacial score (nSPS) is 16.8. The second kappa shape index (κ2) is 4.93. The van der Waals surface area contributed by atoms with Crippen LogP contribution in [0.4, 0.5) is 4.39 Å². The van der Waals surface area contributed by atoms with E-state index in [0.717, 1.165) is 19.5 Å². The van der Waals surface area contributed by atoms with Crippen molar-refractivity contribution < 1.29 is 4.39 Å². The number of fused-ring (bicyclic) bond motifs is 1. The van der Waals surface area contributed by atoms with Gasteiger partial charge in [0.25, 0.3) is 0 Å². The summed E-state index contributed by atoms with van der Waals surface area (Å²) in [5.41, 5.74) is 2.75. The van der Waals surface area contributed by atoms with Gasteiger partial charge in [0.2, 0.25) is 0 Å². The van der Waals surface area contributed by atoms with Crippen LogP contribution in [0.2, 0.25) is 0 Å². The fraction of sp³-hybridized carbons (Fsp3) is 0.222. The highest BCUT2D eigenvalue weighted by atomic mass is 32.1. The molecule has 0 amide bonds. The van der Waals surface area contributed by atoms with E-state index in [-0.39, 0.29) is 11.2 Å². The summed E-state index contributed by atoms with van der Waals surface area (Å²) in [6.07, 6.45) is 1.01. The average molecular weight is 297 g/mol. The van der Waals surface area contributed by atoms with Gasteiger partial charge in [-0.25, -0.2) is 4.39 Å². The van der Waals surface area contributed by atoms with Crippen LogP contribution >= 0.6 is 11.3 Å². The first-order valence-electron chi connectivity index (χ1n) is 7.19. The van der Waals surface area contributed by atoms with Crippen molar-refractivity contribution in [2.75, 3.05) is 13.1 Å². The first kappa shape index (κ1) is 13.0. The van der Waals surface area contributed by atoms with E-state index >= 15 is 0 Å². The first-order valence-corrected chi connectivity index (χ1v) is 8.07. The molecule has 2 heterocycles. The summed E-state index contributed by atoms with van der Waals surface area (Å²) < 4.78 is 14.5. The summed E-state index contributed by atoms with van der Waals surface area (Å²) in [4.78, 5) is 0. The Morgan fingerprint density at radius 2 is 1.81 bits per heavy atom. The van der Waals surface area contributed by atoms with Gasteiger partial charge in [-0.05, 0) is 46.5 Å². The summed E-state index contributed by atoms with van der Waals surface area (Å²) >= 11 is 1.81. The van der Waals surface area contributed by atoms with Gasteiger partial charge in [-0.15, -0.1) is 11.3 Å². The third kappa shape index (κ3) is 2.17. The van der Waals surface area contributed by atoms with Crippen molar-refractivity contribution in [3.63, 3.8) is 0 Å². The van der Waals surface area contributed by atoms with E-state index in [2.05, 4.69) is 35.0 Å². The number of nitrogens with one attached hydrogen (secondary N) is 1. The van der Waals surface area contributed by atoms with E-state index in [1.165, 1.54) is 21.2 Å². The van der Waals surface area contributed by atoms with Gasteiger partial charge in [-0.1, -0.05) is 30.3 Å². The lowest BCUT2D eigenvalue weighted by molar-refractivity contribution is 0.275. The summed E-state index contributed by atoms with van der Waals surface area (Å²) in [5.74, 6) is -0.165. The van der Waals surface area contributed by atoms with Gasteiger partial charge in [-0.3, -0.25) is 0 Å². The number of hydrogen-bond donors (Lipinski definition) is 1. The minimum absolute atomic E-state index is 0.109. The molecule has 1 nitrogen and oxygen atoms in total. The molecule has 0 aliphatic carbocycles. The fourth-order valence-electron chi connectivity index (χ4n) is 3.20. The van der Waals surface area contributed by atoms with Crippen LogP contribution in [-0.2, 0) is 11.8 Å². The summed E-state index contributed by atoms with van der Waals surface area (Å²) in [6.45, 7) is 1.92. The molecular formula is C18H16FNS. The van der Waals surface area contributed by atoms with Crippen molar-refractivity contribution in [3.8, 4) is 0 Å². The lowest BCUT2D eigenvalue weighted by Gasteiger charge is -2.43. The zero-order chi connectivity index (χ0) is 14.3. The second-order valence-electron chi connectivity index (χ2n) is 5.82. The molecule has 0 radical (unpaired) electrons. The molecule has 1 saturated heterocycles. The Bertz CT molecular complexity index is 771. The standard InChI is InChI=1S/C18H16FNS/c19-15-7-5-14(6-8-15)18(11-20-12-18)9-13-10-21-17-4-2-1-3-16(13)17/h1-8,10,20H,9,11-12H2. The van der Waals surface area contributed by atoms with Crippen LogP contribution in [0.15, 0.2) is 53.9 Å². The smallest absolute Gasteiger partial charge is 0.123 e. The van der Waals surface area contributed by atoms with Crippen LogP contribution in [0.5, 0.6) is 0 Å². The SMILES string of the molecule is Fc1ccc(C2(Cc3csc4ccccc34)CNC2)cc1. The minimum atomic E-state index is -0.165. The van der Waals surface area contributed by atoms with E-state index in [0.29, 0.717) is 0 Å². The monoisotopic (exact) mass is 297 g/mol. The zero-order valence-corrected chi connectivity index (χ0v) is 12.4. The highest BCUT2D eigenvalue weighted by Gasteiger charge is 2.39. The maximum Gasteiger partial charge on any atom is 0.123 e. The largest absolute Gasteiger partial charge is 0.315 e. The average Bonchev–Trinajstić information content (AvgIpc) is 2.87. The van der Waals surface area contributed by atoms with Crippen molar-refractivity contribution in [2.45, 2.75) is 11.8 Å². The van der Waals surface area contributed by atoms with Crippen LogP contribution in [-0.4, -0.2) is 13.1 Å². The number of halogens is 1. The number of thiophene rings is 1. The van der Waals surface area contributed by atoms with Crippen LogP contribution in [0.1, 0.15) is 11.1 Å². The van der Waals surface area contributed by atoms with Crippen LogP contribution in [0.25, 0.3) is 10.1 Å². The summed E-state index contributed by atoms with van der Waals surface area (Å²) in [5, 5.41) is 7.01. The highest BCUT2D eigenvalue weighted by Crippen LogP contribution is 2.36. The predicted molar refractivity (Wildman–Crippen MR) is 86.5 cm³/mol. The van der Waals surface area contributed by atoms with Crippen LogP contribution in [0, 0.1) is 5.82 Å². The first-order chi connectivity index (χ1) is 10.3. The van der Waals surface area contributed by atoms with E-state index in [9.17, 15) is 4.39 Å². The van der Waals surface area contributed by atoms with E-state index < -0.39 is 0 Å². The van der Waals surface area contributed by atoms with Crippen molar-refractivity contribution in [2.24, 2.45) is 0 Å². The quantitative estimate of drug-likeness (QED) is 0.766. The molecule has 0 bridgehead atoms. The molecule has 0 saturated carbocycles. The molecule has 1 aliphatic heterocycles. The molecule has 3 aromatic rings. The molecule has 21 heavy (non-hydrogen) atoms. The highest BCUT2D eigenvalue weighted by molar-refractivity contribution is 7.17. The van der Waals surface area contributed by atoms with Crippen molar-refractivity contribution in [1.82, 2.24) is 5.32 Å². The molecule has 1 fully saturated rings.